The van der Waals surface area contributed by atoms with Crippen molar-refractivity contribution < 1.29 is 17.2 Å². The highest BCUT2D eigenvalue weighted by atomic mass is 32.2. The maximum Gasteiger partial charge on any atom is 0.246 e. The molecule has 1 heterocycles. The van der Waals surface area contributed by atoms with Gasteiger partial charge in [-0.1, -0.05) is 6.07 Å². The molecule has 0 amide bonds. The van der Waals surface area contributed by atoms with Gasteiger partial charge in [0, 0.05) is 18.9 Å². The van der Waals surface area contributed by atoms with Crippen LogP contribution in [0.3, 0.4) is 0 Å². The summed E-state index contributed by atoms with van der Waals surface area (Å²) >= 11 is 0. The average Bonchev–Trinajstić information content (AvgIpc) is 2.43. The van der Waals surface area contributed by atoms with E-state index in [1.807, 2.05) is 0 Å². The number of pyridine rings is 1. The number of rotatable bonds is 4. The molecule has 0 saturated heterocycles. The van der Waals surface area contributed by atoms with Crippen molar-refractivity contribution in [1.29, 1.82) is 0 Å². The van der Waals surface area contributed by atoms with Gasteiger partial charge in [-0.3, -0.25) is 4.98 Å². The van der Waals surface area contributed by atoms with E-state index in [1.54, 1.807) is 18.2 Å². The molecule has 0 atom stereocenters. The monoisotopic (exact) mass is 313 g/mol. The molecule has 2 rings (SSSR count). The Morgan fingerprint density at radius 2 is 2.00 bits per heavy atom. The van der Waals surface area contributed by atoms with Crippen molar-refractivity contribution in [1.82, 2.24) is 9.29 Å². The third kappa shape index (κ3) is 3.17. The molecule has 0 fully saturated rings. The highest BCUT2D eigenvalue weighted by Crippen LogP contribution is 2.24. The van der Waals surface area contributed by atoms with Crippen molar-refractivity contribution in [2.24, 2.45) is 0 Å². The van der Waals surface area contributed by atoms with Gasteiger partial charge < -0.3 is 5.73 Å². The fraction of sp³-hybridized carbons (Fsp3) is 0.154. The molecule has 0 spiro atoms. The van der Waals surface area contributed by atoms with E-state index < -0.39 is 26.6 Å². The summed E-state index contributed by atoms with van der Waals surface area (Å²) in [6.45, 7) is -0.0704. The Kier molecular flexibility index (Phi) is 4.19. The Labute approximate surface area is 121 Å². The Morgan fingerprint density at radius 1 is 1.29 bits per heavy atom. The molecule has 2 N–H and O–H groups in total. The quantitative estimate of drug-likeness (QED) is 0.873. The molecule has 8 heteroatoms. The van der Waals surface area contributed by atoms with Gasteiger partial charge in [0.15, 0.2) is 11.6 Å². The first-order valence-electron chi connectivity index (χ1n) is 5.93. The second-order valence-corrected chi connectivity index (χ2v) is 6.41. The number of aromatic nitrogens is 1. The van der Waals surface area contributed by atoms with E-state index in [9.17, 15) is 17.2 Å². The average molecular weight is 313 g/mol. The van der Waals surface area contributed by atoms with E-state index in [0.717, 1.165) is 16.4 Å². The van der Waals surface area contributed by atoms with Gasteiger partial charge in [0.05, 0.1) is 12.2 Å². The lowest BCUT2D eigenvalue weighted by Crippen LogP contribution is -2.28. The number of sulfonamides is 1. The molecule has 0 bridgehead atoms. The Morgan fingerprint density at radius 3 is 2.62 bits per heavy atom. The van der Waals surface area contributed by atoms with E-state index >= 15 is 0 Å². The molecule has 0 aliphatic carbocycles. The molecule has 1 aromatic heterocycles. The molecule has 21 heavy (non-hydrogen) atoms. The summed E-state index contributed by atoms with van der Waals surface area (Å²) in [5.41, 5.74) is 5.69. The second kappa shape index (κ2) is 5.74. The molecule has 1 aromatic carbocycles. The first-order valence-corrected chi connectivity index (χ1v) is 7.37. The zero-order chi connectivity index (χ0) is 15.6. The van der Waals surface area contributed by atoms with E-state index in [2.05, 4.69) is 4.98 Å². The number of benzene rings is 1. The van der Waals surface area contributed by atoms with Gasteiger partial charge in [0.25, 0.3) is 0 Å². The maximum atomic E-state index is 13.7. The van der Waals surface area contributed by atoms with E-state index in [1.165, 1.54) is 13.2 Å². The van der Waals surface area contributed by atoms with Gasteiger partial charge in [-0.05, 0) is 24.3 Å². The van der Waals surface area contributed by atoms with Crippen LogP contribution in [0, 0.1) is 11.6 Å². The highest BCUT2D eigenvalue weighted by molar-refractivity contribution is 7.89. The number of halogens is 2. The summed E-state index contributed by atoms with van der Waals surface area (Å²) in [5.74, 6) is -2.75. The number of hydrogen-bond acceptors (Lipinski definition) is 4. The number of nitrogen functional groups attached to an aromatic ring is 1. The number of nitrogens with zero attached hydrogens (tertiary/aromatic N) is 2. The predicted molar refractivity (Wildman–Crippen MR) is 73.7 cm³/mol. The van der Waals surface area contributed by atoms with Gasteiger partial charge in [-0.2, -0.15) is 4.31 Å². The molecule has 0 saturated carbocycles. The fourth-order valence-electron chi connectivity index (χ4n) is 1.74. The first-order chi connectivity index (χ1) is 9.82. The first kappa shape index (κ1) is 15.3. The third-order valence-electron chi connectivity index (χ3n) is 2.82. The SMILES string of the molecule is CN(Cc1ccccn1)S(=O)(=O)c1cc(N)cc(F)c1F. The molecular formula is C13H13F2N3O2S. The largest absolute Gasteiger partial charge is 0.399 e. The minimum absolute atomic E-state index is 0.0704. The molecule has 112 valence electrons. The molecular weight excluding hydrogens is 300 g/mol. The molecule has 2 aromatic rings. The summed E-state index contributed by atoms with van der Waals surface area (Å²) in [4.78, 5) is 3.19. The van der Waals surface area contributed by atoms with E-state index in [0.29, 0.717) is 5.69 Å². The van der Waals surface area contributed by atoms with Crippen LogP contribution in [0.1, 0.15) is 5.69 Å². The van der Waals surface area contributed by atoms with Crippen molar-refractivity contribution in [3.63, 3.8) is 0 Å². The van der Waals surface area contributed by atoms with E-state index in [4.69, 9.17) is 5.73 Å². The number of hydrogen-bond donors (Lipinski definition) is 1. The second-order valence-electron chi connectivity index (χ2n) is 4.40. The molecule has 0 aliphatic heterocycles. The maximum absolute atomic E-state index is 13.7. The van der Waals surface area contributed by atoms with Gasteiger partial charge in [0.2, 0.25) is 10.0 Å². The predicted octanol–water partition coefficient (Wildman–Crippen LogP) is 1.76. The van der Waals surface area contributed by atoms with Gasteiger partial charge >= 0.3 is 0 Å². The minimum atomic E-state index is -4.21. The summed E-state index contributed by atoms with van der Waals surface area (Å²) in [5, 5.41) is 0. The summed E-state index contributed by atoms with van der Waals surface area (Å²) in [6, 6.07) is 6.63. The van der Waals surface area contributed by atoms with Gasteiger partial charge in [0.1, 0.15) is 4.90 Å². The smallest absolute Gasteiger partial charge is 0.246 e. The van der Waals surface area contributed by atoms with Crippen molar-refractivity contribution >= 4 is 15.7 Å². The lowest BCUT2D eigenvalue weighted by atomic mass is 10.3. The van der Waals surface area contributed by atoms with Crippen LogP contribution >= 0.6 is 0 Å². The van der Waals surface area contributed by atoms with Crippen LogP contribution in [0.25, 0.3) is 0 Å². The van der Waals surface area contributed by atoms with Crippen molar-refractivity contribution in [2.45, 2.75) is 11.4 Å². The van der Waals surface area contributed by atoms with Crippen LogP contribution in [0.5, 0.6) is 0 Å². The van der Waals surface area contributed by atoms with Crippen LogP contribution in [-0.4, -0.2) is 24.8 Å². The third-order valence-corrected chi connectivity index (χ3v) is 4.62. The molecule has 0 unspecified atom stereocenters. The van der Waals surface area contributed by atoms with Crippen LogP contribution in [0.15, 0.2) is 41.4 Å². The van der Waals surface area contributed by atoms with Crippen LogP contribution in [-0.2, 0) is 16.6 Å². The Balaban J connectivity index is 2.38. The van der Waals surface area contributed by atoms with Crippen LogP contribution < -0.4 is 5.73 Å². The van der Waals surface area contributed by atoms with Crippen LogP contribution in [0.4, 0.5) is 14.5 Å². The van der Waals surface area contributed by atoms with Crippen molar-refractivity contribution in [3.05, 3.63) is 53.9 Å². The topological polar surface area (TPSA) is 76.3 Å². The van der Waals surface area contributed by atoms with E-state index in [-0.39, 0.29) is 12.2 Å². The Bertz CT molecular complexity index is 752. The van der Waals surface area contributed by atoms with Crippen molar-refractivity contribution in [3.8, 4) is 0 Å². The standard InChI is InChI=1S/C13H13F2N3O2S/c1-18(8-10-4-2-3-5-17-10)21(19,20)12-7-9(16)6-11(14)13(12)15/h2-7H,8,16H2,1H3. The van der Waals surface area contributed by atoms with Crippen LogP contribution in [0.2, 0.25) is 0 Å². The van der Waals surface area contributed by atoms with Gasteiger partial charge in [-0.15, -0.1) is 0 Å². The zero-order valence-corrected chi connectivity index (χ0v) is 11.9. The fourth-order valence-corrected chi connectivity index (χ4v) is 2.99. The summed E-state index contributed by atoms with van der Waals surface area (Å²) in [7, 11) is -2.96. The lowest BCUT2D eigenvalue weighted by molar-refractivity contribution is 0.444. The van der Waals surface area contributed by atoms with Crippen molar-refractivity contribution in [2.75, 3.05) is 12.8 Å². The zero-order valence-electron chi connectivity index (χ0n) is 11.1. The molecule has 0 aliphatic rings. The molecule has 0 radical (unpaired) electrons. The summed E-state index contributed by atoms with van der Waals surface area (Å²) < 4.78 is 52.5. The van der Waals surface area contributed by atoms with Gasteiger partial charge in [-0.25, -0.2) is 17.2 Å². The number of anilines is 1. The summed E-state index contributed by atoms with van der Waals surface area (Å²) in [6.07, 6.45) is 1.51. The number of nitrogens with two attached hydrogens (primary N) is 1. The lowest BCUT2D eigenvalue weighted by Gasteiger charge is -2.17. The highest BCUT2D eigenvalue weighted by Gasteiger charge is 2.27. The normalized spacial score (nSPS) is 11.8. The molecule has 5 nitrogen and oxygen atoms in total. The minimum Gasteiger partial charge on any atom is -0.399 e. The Hall–Kier alpha value is -2.06.